The standard InChI is InChI=1S/C13H13ClN2O3S/c1-2-6-20-7-5-15-13(19)16-11-8-9(12(17)18)3-4-10(11)14/h1,3-4,8H,5-7H2,(H,17,18)(H2,15,16,19). The minimum Gasteiger partial charge on any atom is -0.478 e. The first-order chi connectivity index (χ1) is 9.54. The fourth-order valence-electron chi connectivity index (χ4n) is 1.29. The van der Waals surface area contributed by atoms with Crippen LogP contribution in [0.2, 0.25) is 5.02 Å². The van der Waals surface area contributed by atoms with Crippen LogP contribution in [0.1, 0.15) is 10.4 Å². The SMILES string of the molecule is C#CCSCCNC(=O)Nc1cc(C(=O)O)ccc1Cl. The Bertz CT molecular complexity index is 543. The van der Waals surface area contributed by atoms with Crippen molar-refractivity contribution in [2.45, 2.75) is 0 Å². The van der Waals surface area contributed by atoms with Crippen molar-refractivity contribution in [3.8, 4) is 12.3 Å². The van der Waals surface area contributed by atoms with Gasteiger partial charge in [-0.2, -0.15) is 0 Å². The van der Waals surface area contributed by atoms with E-state index in [1.807, 2.05) is 0 Å². The molecule has 3 N–H and O–H groups in total. The van der Waals surface area contributed by atoms with Gasteiger partial charge in [-0.25, -0.2) is 9.59 Å². The molecule has 0 fully saturated rings. The van der Waals surface area contributed by atoms with Gasteiger partial charge in [-0.05, 0) is 18.2 Å². The number of hydrogen-bond acceptors (Lipinski definition) is 3. The van der Waals surface area contributed by atoms with E-state index in [0.29, 0.717) is 18.1 Å². The molecule has 20 heavy (non-hydrogen) atoms. The maximum atomic E-state index is 11.6. The van der Waals surface area contributed by atoms with E-state index in [2.05, 4.69) is 16.6 Å². The van der Waals surface area contributed by atoms with Gasteiger partial charge >= 0.3 is 12.0 Å². The molecule has 5 nitrogen and oxygen atoms in total. The van der Waals surface area contributed by atoms with E-state index >= 15 is 0 Å². The summed E-state index contributed by atoms with van der Waals surface area (Å²) in [5, 5.41) is 14.3. The van der Waals surface area contributed by atoms with E-state index in [9.17, 15) is 9.59 Å². The molecule has 0 heterocycles. The lowest BCUT2D eigenvalue weighted by Crippen LogP contribution is -2.30. The summed E-state index contributed by atoms with van der Waals surface area (Å²) >= 11 is 7.41. The molecule has 0 bridgehead atoms. The molecule has 0 aliphatic carbocycles. The summed E-state index contributed by atoms with van der Waals surface area (Å²) in [6, 6.07) is 3.64. The lowest BCUT2D eigenvalue weighted by molar-refractivity contribution is 0.0697. The molecular weight excluding hydrogens is 300 g/mol. The molecule has 0 aliphatic heterocycles. The van der Waals surface area contributed by atoms with Crippen LogP contribution in [0.3, 0.4) is 0 Å². The lowest BCUT2D eigenvalue weighted by Gasteiger charge is -2.09. The monoisotopic (exact) mass is 312 g/mol. The quantitative estimate of drug-likeness (QED) is 0.557. The highest BCUT2D eigenvalue weighted by Gasteiger charge is 2.09. The summed E-state index contributed by atoms with van der Waals surface area (Å²) < 4.78 is 0. The molecule has 1 aromatic rings. The van der Waals surface area contributed by atoms with Crippen molar-refractivity contribution in [3.63, 3.8) is 0 Å². The van der Waals surface area contributed by atoms with Crippen LogP contribution < -0.4 is 10.6 Å². The first-order valence-corrected chi connectivity index (χ1v) is 7.16. The first kappa shape index (κ1) is 16.2. The van der Waals surface area contributed by atoms with Crippen LogP contribution in [0, 0.1) is 12.3 Å². The van der Waals surface area contributed by atoms with Gasteiger partial charge in [-0.3, -0.25) is 0 Å². The van der Waals surface area contributed by atoms with Crippen LogP contribution >= 0.6 is 23.4 Å². The molecule has 0 saturated heterocycles. The third-order valence-corrected chi connectivity index (χ3v) is 3.37. The molecule has 0 atom stereocenters. The van der Waals surface area contributed by atoms with E-state index in [-0.39, 0.29) is 16.3 Å². The summed E-state index contributed by atoms with van der Waals surface area (Å²) in [6.45, 7) is 0.453. The maximum Gasteiger partial charge on any atom is 0.335 e. The number of rotatable bonds is 6. The Balaban J connectivity index is 2.51. The molecule has 1 rings (SSSR count). The Morgan fingerprint density at radius 2 is 2.20 bits per heavy atom. The third-order valence-electron chi connectivity index (χ3n) is 2.18. The number of carbonyl (C=O) groups is 2. The number of terminal acetylenes is 1. The highest BCUT2D eigenvalue weighted by molar-refractivity contribution is 7.99. The van der Waals surface area contributed by atoms with Crippen molar-refractivity contribution in [2.75, 3.05) is 23.4 Å². The molecule has 1 aromatic carbocycles. The van der Waals surface area contributed by atoms with Crippen LogP contribution in [0.15, 0.2) is 18.2 Å². The summed E-state index contributed by atoms with van der Waals surface area (Å²) in [5.41, 5.74) is 0.301. The highest BCUT2D eigenvalue weighted by atomic mass is 35.5. The number of carboxylic acids is 1. The van der Waals surface area contributed by atoms with Crippen molar-refractivity contribution in [1.82, 2.24) is 5.32 Å². The summed E-state index contributed by atoms with van der Waals surface area (Å²) in [5.74, 6) is 2.68. The van der Waals surface area contributed by atoms with Crippen LogP contribution in [0.25, 0.3) is 0 Å². The van der Waals surface area contributed by atoms with Crippen molar-refractivity contribution in [2.24, 2.45) is 0 Å². The Hall–Kier alpha value is -1.84. The maximum absolute atomic E-state index is 11.6. The van der Waals surface area contributed by atoms with Crippen molar-refractivity contribution in [1.29, 1.82) is 0 Å². The van der Waals surface area contributed by atoms with Gasteiger partial charge in [0.25, 0.3) is 0 Å². The van der Waals surface area contributed by atoms with Gasteiger partial charge < -0.3 is 15.7 Å². The Labute approximate surface area is 126 Å². The number of nitrogens with one attached hydrogen (secondary N) is 2. The predicted molar refractivity (Wildman–Crippen MR) is 81.6 cm³/mol. The van der Waals surface area contributed by atoms with E-state index < -0.39 is 12.0 Å². The van der Waals surface area contributed by atoms with Crippen LogP contribution in [0.5, 0.6) is 0 Å². The molecular formula is C13H13ClN2O3S. The smallest absolute Gasteiger partial charge is 0.335 e. The second-order valence-electron chi connectivity index (χ2n) is 3.64. The molecule has 106 valence electrons. The number of anilines is 1. The summed E-state index contributed by atoms with van der Waals surface area (Å²) in [4.78, 5) is 22.4. The molecule has 0 saturated carbocycles. The number of amides is 2. The van der Waals surface area contributed by atoms with Crippen molar-refractivity contribution in [3.05, 3.63) is 28.8 Å². The van der Waals surface area contributed by atoms with Crippen LogP contribution in [-0.2, 0) is 0 Å². The molecule has 0 unspecified atom stereocenters. The van der Waals surface area contributed by atoms with E-state index in [4.69, 9.17) is 23.1 Å². The van der Waals surface area contributed by atoms with E-state index in [1.54, 1.807) is 0 Å². The van der Waals surface area contributed by atoms with Crippen molar-refractivity contribution < 1.29 is 14.7 Å². The van der Waals surface area contributed by atoms with Gasteiger partial charge in [0, 0.05) is 12.3 Å². The number of halogens is 1. The number of aromatic carboxylic acids is 1. The third kappa shape index (κ3) is 5.43. The van der Waals surface area contributed by atoms with Crippen LogP contribution in [0.4, 0.5) is 10.5 Å². The van der Waals surface area contributed by atoms with Gasteiger partial charge in [0.1, 0.15) is 0 Å². The average molecular weight is 313 g/mol. The fourth-order valence-corrected chi connectivity index (χ4v) is 1.96. The Morgan fingerprint density at radius 3 is 2.85 bits per heavy atom. The first-order valence-electron chi connectivity index (χ1n) is 5.63. The average Bonchev–Trinajstić information content (AvgIpc) is 2.40. The van der Waals surface area contributed by atoms with Gasteiger partial charge in [0.15, 0.2) is 0 Å². The van der Waals surface area contributed by atoms with E-state index in [0.717, 1.165) is 0 Å². The second-order valence-corrected chi connectivity index (χ2v) is 5.15. The second kappa shape index (κ2) is 8.35. The minimum absolute atomic E-state index is 0.0503. The van der Waals surface area contributed by atoms with Crippen LogP contribution in [-0.4, -0.2) is 35.2 Å². The molecule has 0 aliphatic rings. The predicted octanol–water partition coefficient (Wildman–Crippen LogP) is 2.53. The molecule has 7 heteroatoms. The Morgan fingerprint density at radius 1 is 1.45 bits per heavy atom. The van der Waals surface area contributed by atoms with Gasteiger partial charge in [-0.15, -0.1) is 18.2 Å². The topological polar surface area (TPSA) is 78.4 Å². The fraction of sp³-hybridized carbons (Fsp3) is 0.231. The minimum atomic E-state index is -1.09. The Kier molecular flexibility index (Phi) is 6.77. The zero-order valence-electron chi connectivity index (χ0n) is 10.5. The van der Waals surface area contributed by atoms with Gasteiger partial charge in [-0.1, -0.05) is 17.5 Å². The summed E-state index contributed by atoms with van der Waals surface area (Å²) in [7, 11) is 0. The summed E-state index contributed by atoms with van der Waals surface area (Å²) in [6.07, 6.45) is 5.09. The number of benzene rings is 1. The highest BCUT2D eigenvalue weighted by Crippen LogP contribution is 2.22. The van der Waals surface area contributed by atoms with Gasteiger partial charge in [0.2, 0.25) is 0 Å². The van der Waals surface area contributed by atoms with E-state index in [1.165, 1.54) is 30.0 Å². The van der Waals surface area contributed by atoms with Gasteiger partial charge in [0.05, 0.1) is 22.0 Å². The number of carboxylic acid groups (broad SMARTS) is 1. The zero-order valence-corrected chi connectivity index (χ0v) is 12.1. The largest absolute Gasteiger partial charge is 0.478 e. The zero-order chi connectivity index (χ0) is 15.0. The molecule has 0 radical (unpaired) electrons. The number of thioether (sulfide) groups is 1. The number of hydrogen-bond donors (Lipinski definition) is 3. The van der Waals surface area contributed by atoms with Crippen molar-refractivity contribution >= 4 is 41.1 Å². The molecule has 2 amide bonds. The normalized spacial score (nSPS) is 9.60. The molecule has 0 aromatic heterocycles. The number of urea groups is 1. The lowest BCUT2D eigenvalue weighted by atomic mass is 10.2. The number of carbonyl (C=O) groups excluding carboxylic acids is 1. The molecule has 0 spiro atoms.